The Kier molecular flexibility index (Phi) is 5.82. The summed E-state index contributed by atoms with van der Waals surface area (Å²) in [5.74, 6) is -0.557. The third-order valence-electron chi connectivity index (χ3n) is 3.99. The second kappa shape index (κ2) is 7.70. The van der Waals surface area contributed by atoms with Gasteiger partial charge in [-0.2, -0.15) is 0 Å². The molecule has 26 heavy (non-hydrogen) atoms. The molecule has 1 amide bonds. The minimum Gasteiger partial charge on any atom is -0.324 e. The summed E-state index contributed by atoms with van der Waals surface area (Å²) in [5, 5.41) is 2.78. The molecule has 0 saturated carbocycles. The Hall–Kier alpha value is -2.67. The number of ketones is 1. The van der Waals surface area contributed by atoms with E-state index in [2.05, 4.69) is 5.32 Å². The maximum absolute atomic E-state index is 12.5. The molecule has 0 unspecified atom stereocenters. The van der Waals surface area contributed by atoms with Crippen LogP contribution >= 0.6 is 0 Å². The Morgan fingerprint density at radius 3 is 2.00 bits per heavy atom. The van der Waals surface area contributed by atoms with Crippen molar-refractivity contribution in [2.75, 3.05) is 22.4 Å². The second-order valence-electron chi connectivity index (χ2n) is 6.19. The lowest BCUT2D eigenvalue weighted by Gasteiger charge is -2.22. The highest BCUT2D eigenvalue weighted by molar-refractivity contribution is 7.92. The number of sulfonamides is 1. The van der Waals surface area contributed by atoms with E-state index in [0.717, 1.165) is 21.7 Å². The first kappa shape index (κ1) is 19.7. The Labute approximate surface area is 153 Å². The molecule has 0 radical (unpaired) electrons. The third kappa shape index (κ3) is 4.70. The number of carbonyl (C=O) groups is 2. The maximum Gasteiger partial charge on any atom is 0.245 e. The van der Waals surface area contributed by atoms with Gasteiger partial charge < -0.3 is 5.32 Å². The van der Waals surface area contributed by atoms with Crippen molar-refractivity contribution >= 4 is 33.1 Å². The van der Waals surface area contributed by atoms with Crippen LogP contribution in [0.5, 0.6) is 0 Å². The quantitative estimate of drug-likeness (QED) is 0.788. The van der Waals surface area contributed by atoms with E-state index in [1.54, 1.807) is 12.1 Å². The summed E-state index contributed by atoms with van der Waals surface area (Å²) in [6, 6.07) is 11.8. The summed E-state index contributed by atoms with van der Waals surface area (Å²) in [4.78, 5) is 23.8. The number of hydrogen-bond donors (Lipinski definition) is 1. The van der Waals surface area contributed by atoms with Crippen molar-refractivity contribution in [2.45, 2.75) is 20.8 Å². The lowest BCUT2D eigenvalue weighted by molar-refractivity contribution is -0.114. The highest BCUT2D eigenvalue weighted by Crippen LogP contribution is 2.21. The normalized spacial score (nSPS) is 11.1. The van der Waals surface area contributed by atoms with Crippen LogP contribution in [0.4, 0.5) is 11.4 Å². The Balaban J connectivity index is 2.26. The predicted molar refractivity (Wildman–Crippen MR) is 103 cm³/mol. The summed E-state index contributed by atoms with van der Waals surface area (Å²) < 4.78 is 25.3. The van der Waals surface area contributed by atoms with Gasteiger partial charge >= 0.3 is 0 Å². The van der Waals surface area contributed by atoms with Gasteiger partial charge in [0.15, 0.2) is 5.78 Å². The van der Waals surface area contributed by atoms with E-state index < -0.39 is 15.9 Å². The van der Waals surface area contributed by atoms with Crippen LogP contribution in [0.1, 0.15) is 28.4 Å². The van der Waals surface area contributed by atoms with Gasteiger partial charge in [0, 0.05) is 11.3 Å². The van der Waals surface area contributed by atoms with E-state index in [0.29, 0.717) is 16.9 Å². The van der Waals surface area contributed by atoms with Gasteiger partial charge in [0.1, 0.15) is 6.54 Å². The molecule has 0 bridgehead atoms. The van der Waals surface area contributed by atoms with E-state index in [1.165, 1.54) is 19.1 Å². The molecule has 2 aromatic carbocycles. The maximum atomic E-state index is 12.5. The smallest absolute Gasteiger partial charge is 0.245 e. The molecule has 0 fully saturated rings. The third-order valence-corrected chi connectivity index (χ3v) is 5.14. The molecule has 0 aliphatic rings. The SMILES string of the molecule is CC(=O)c1ccc(N(CC(=O)Nc2c(C)cccc2C)S(C)(=O)=O)cc1. The van der Waals surface area contributed by atoms with Crippen LogP contribution in [0.3, 0.4) is 0 Å². The van der Waals surface area contributed by atoms with Crippen molar-refractivity contribution < 1.29 is 18.0 Å². The lowest BCUT2D eigenvalue weighted by atomic mass is 10.1. The Morgan fingerprint density at radius 1 is 1.00 bits per heavy atom. The summed E-state index contributed by atoms with van der Waals surface area (Å²) in [6.07, 6.45) is 1.04. The van der Waals surface area contributed by atoms with E-state index in [9.17, 15) is 18.0 Å². The van der Waals surface area contributed by atoms with Gasteiger partial charge in [-0.1, -0.05) is 18.2 Å². The van der Waals surface area contributed by atoms with E-state index >= 15 is 0 Å². The van der Waals surface area contributed by atoms with Crippen LogP contribution in [0.15, 0.2) is 42.5 Å². The van der Waals surface area contributed by atoms with Gasteiger partial charge in [-0.25, -0.2) is 8.42 Å². The van der Waals surface area contributed by atoms with Crippen molar-refractivity contribution in [2.24, 2.45) is 0 Å². The molecule has 0 aromatic heterocycles. The molecule has 0 aliphatic heterocycles. The van der Waals surface area contributed by atoms with Crippen molar-refractivity contribution in [3.8, 4) is 0 Å². The number of rotatable bonds is 6. The molecular weight excluding hydrogens is 352 g/mol. The molecule has 0 heterocycles. The summed E-state index contributed by atoms with van der Waals surface area (Å²) in [7, 11) is -3.67. The molecular formula is C19H22N2O4S. The van der Waals surface area contributed by atoms with E-state index in [1.807, 2.05) is 32.0 Å². The van der Waals surface area contributed by atoms with Gasteiger partial charge in [-0.3, -0.25) is 13.9 Å². The predicted octanol–water partition coefficient (Wildman–Crippen LogP) is 2.91. The monoisotopic (exact) mass is 374 g/mol. The molecule has 2 aromatic rings. The van der Waals surface area contributed by atoms with Crippen LogP contribution in [-0.4, -0.2) is 32.9 Å². The number of amides is 1. The fourth-order valence-corrected chi connectivity index (χ4v) is 3.44. The molecule has 7 heteroatoms. The number of anilines is 2. The van der Waals surface area contributed by atoms with Crippen LogP contribution in [-0.2, 0) is 14.8 Å². The molecule has 0 atom stereocenters. The van der Waals surface area contributed by atoms with Gasteiger partial charge in [0.2, 0.25) is 15.9 Å². The van der Waals surface area contributed by atoms with E-state index in [-0.39, 0.29) is 12.3 Å². The number of nitrogens with one attached hydrogen (secondary N) is 1. The zero-order chi connectivity index (χ0) is 19.5. The number of hydrogen-bond acceptors (Lipinski definition) is 4. The van der Waals surface area contributed by atoms with Gasteiger partial charge in [0.25, 0.3) is 0 Å². The Morgan fingerprint density at radius 2 is 1.54 bits per heavy atom. The highest BCUT2D eigenvalue weighted by atomic mass is 32.2. The number of benzene rings is 2. The van der Waals surface area contributed by atoms with Gasteiger partial charge in [0.05, 0.1) is 11.9 Å². The molecule has 6 nitrogen and oxygen atoms in total. The fourth-order valence-electron chi connectivity index (χ4n) is 2.58. The van der Waals surface area contributed by atoms with Crippen LogP contribution in [0, 0.1) is 13.8 Å². The molecule has 0 spiro atoms. The molecule has 138 valence electrons. The van der Waals surface area contributed by atoms with Crippen LogP contribution < -0.4 is 9.62 Å². The van der Waals surface area contributed by atoms with Crippen molar-refractivity contribution in [1.29, 1.82) is 0 Å². The second-order valence-corrected chi connectivity index (χ2v) is 8.09. The molecule has 2 rings (SSSR count). The van der Waals surface area contributed by atoms with Crippen molar-refractivity contribution in [3.05, 3.63) is 59.2 Å². The van der Waals surface area contributed by atoms with Crippen LogP contribution in [0.25, 0.3) is 0 Å². The van der Waals surface area contributed by atoms with Gasteiger partial charge in [-0.05, 0) is 56.2 Å². The molecule has 0 aliphatic carbocycles. The molecule has 1 N–H and O–H groups in total. The zero-order valence-corrected chi connectivity index (χ0v) is 16.1. The van der Waals surface area contributed by atoms with Crippen LogP contribution in [0.2, 0.25) is 0 Å². The first-order valence-corrected chi connectivity index (χ1v) is 9.89. The standard InChI is InChI=1S/C19H22N2O4S/c1-13-6-5-7-14(2)19(13)20-18(23)12-21(26(4,24)25)17-10-8-16(9-11-17)15(3)22/h5-11H,12H2,1-4H3,(H,20,23). The number of aryl methyl sites for hydroxylation is 2. The Bertz CT molecular complexity index is 914. The highest BCUT2D eigenvalue weighted by Gasteiger charge is 2.21. The lowest BCUT2D eigenvalue weighted by Crippen LogP contribution is -2.37. The first-order valence-electron chi connectivity index (χ1n) is 8.04. The number of Topliss-reactive ketones (excluding diaryl/α,β-unsaturated/α-hetero) is 1. The fraction of sp³-hybridized carbons (Fsp3) is 0.263. The summed E-state index contributed by atoms with van der Waals surface area (Å²) >= 11 is 0. The minimum absolute atomic E-state index is 0.116. The number of nitrogens with zero attached hydrogens (tertiary/aromatic N) is 1. The topological polar surface area (TPSA) is 83.6 Å². The average molecular weight is 374 g/mol. The number of para-hydroxylation sites is 1. The molecule has 0 saturated heterocycles. The zero-order valence-electron chi connectivity index (χ0n) is 15.2. The largest absolute Gasteiger partial charge is 0.324 e. The van der Waals surface area contributed by atoms with E-state index in [4.69, 9.17) is 0 Å². The van der Waals surface area contributed by atoms with Crippen molar-refractivity contribution in [3.63, 3.8) is 0 Å². The summed E-state index contributed by atoms with van der Waals surface area (Å²) in [6.45, 7) is 4.82. The average Bonchev–Trinajstić information content (AvgIpc) is 2.55. The van der Waals surface area contributed by atoms with Crippen molar-refractivity contribution in [1.82, 2.24) is 0 Å². The van der Waals surface area contributed by atoms with Gasteiger partial charge in [-0.15, -0.1) is 0 Å². The number of carbonyl (C=O) groups excluding carboxylic acids is 2. The summed E-state index contributed by atoms with van der Waals surface area (Å²) in [5.41, 5.74) is 3.28. The first-order chi connectivity index (χ1) is 12.1. The minimum atomic E-state index is -3.67.